The van der Waals surface area contributed by atoms with E-state index in [1.54, 1.807) is 18.3 Å². The predicted octanol–water partition coefficient (Wildman–Crippen LogP) is 4.92. The lowest BCUT2D eigenvalue weighted by atomic mass is 9.99. The second-order valence-corrected chi connectivity index (χ2v) is 7.03. The molecule has 0 bridgehead atoms. The second kappa shape index (κ2) is 6.62. The maximum absolute atomic E-state index is 12.1. The quantitative estimate of drug-likeness (QED) is 0.794. The maximum Gasteiger partial charge on any atom is 0.350 e. The van der Waals surface area contributed by atoms with Crippen molar-refractivity contribution >= 4 is 34.3 Å². The molecule has 2 aromatic rings. The molecule has 2 N–H and O–H groups in total. The van der Waals surface area contributed by atoms with Gasteiger partial charge in [-0.25, -0.2) is 4.79 Å². The summed E-state index contributed by atoms with van der Waals surface area (Å²) in [6, 6.07) is 2.14. The van der Waals surface area contributed by atoms with E-state index in [0.717, 1.165) is 16.9 Å². The van der Waals surface area contributed by atoms with Gasteiger partial charge >= 0.3 is 5.97 Å². The fraction of sp³-hybridized carbons (Fsp3) is 0.438. The molecular weight excluding hydrogens is 302 g/mol. The van der Waals surface area contributed by atoms with Gasteiger partial charge < -0.3 is 10.5 Å². The Bertz CT molecular complexity index is 641. The van der Waals surface area contributed by atoms with Crippen molar-refractivity contribution in [1.82, 2.24) is 0 Å². The summed E-state index contributed by atoms with van der Waals surface area (Å²) in [6.45, 7) is 8.53. The van der Waals surface area contributed by atoms with Gasteiger partial charge in [-0.2, -0.15) is 0 Å². The molecule has 5 heteroatoms. The number of esters is 1. The molecule has 0 aliphatic carbocycles. The van der Waals surface area contributed by atoms with Crippen molar-refractivity contribution in [2.45, 2.75) is 40.0 Å². The van der Waals surface area contributed by atoms with Crippen LogP contribution in [0.5, 0.6) is 0 Å². The summed E-state index contributed by atoms with van der Waals surface area (Å²) in [5.74, 6) is -0.0472. The highest BCUT2D eigenvalue weighted by atomic mass is 32.1. The van der Waals surface area contributed by atoms with E-state index in [1.807, 2.05) is 0 Å². The third-order valence-electron chi connectivity index (χ3n) is 3.36. The van der Waals surface area contributed by atoms with Crippen molar-refractivity contribution in [1.29, 1.82) is 0 Å². The molecular formula is C16H21NO2S2. The molecule has 0 saturated heterocycles. The highest BCUT2D eigenvalue weighted by Gasteiger charge is 2.25. The van der Waals surface area contributed by atoms with Crippen LogP contribution in [-0.2, 0) is 11.2 Å². The van der Waals surface area contributed by atoms with Gasteiger partial charge in [0.2, 0.25) is 0 Å². The lowest BCUT2D eigenvalue weighted by Gasteiger charge is -2.09. The Morgan fingerprint density at radius 2 is 2.05 bits per heavy atom. The molecule has 3 nitrogen and oxygen atoms in total. The number of hydrogen-bond acceptors (Lipinski definition) is 5. The van der Waals surface area contributed by atoms with Crippen molar-refractivity contribution in [2.75, 3.05) is 12.3 Å². The number of hydrogen-bond donors (Lipinski definition) is 1. The highest BCUT2D eigenvalue weighted by Crippen LogP contribution is 2.45. The van der Waals surface area contributed by atoms with Crippen LogP contribution in [0.2, 0.25) is 0 Å². The number of thiophene rings is 2. The predicted molar refractivity (Wildman–Crippen MR) is 91.5 cm³/mol. The third-order valence-corrected chi connectivity index (χ3v) is 5.68. The summed E-state index contributed by atoms with van der Waals surface area (Å²) < 4.78 is 5.13. The van der Waals surface area contributed by atoms with Gasteiger partial charge in [0.15, 0.2) is 0 Å². The van der Waals surface area contributed by atoms with Crippen LogP contribution < -0.4 is 5.73 Å². The molecule has 2 heterocycles. The lowest BCUT2D eigenvalue weighted by Crippen LogP contribution is -2.06. The molecule has 21 heavy (non-hydrogen) atoms. The average molecular weight is 323 g/mol. The molecule has 114 valence electrons. The van der Waals surface area contributed by atoms with E-state index >= 15 is 0 Å². The van der Waals surface area contributed by atoms with Crippen molar-refractivity contribution in [3.63, 3.8) is 0 Å². The maximum atomic E-state index is 12.1. The number of aryl methyl sites for hydroxylation is 1. The molecule has 0 amide bonds. The Morgan fingerprint density at radius 3 is 2.62 bits per heavy atom. The summed E-state index contributed by atoms with van der Waals surface area (Å²) in [5, 5.41) is 2.10. The molecule has 0 aromatic carbocycles. The van der Waals surface area contributed by atoms with E-state index in [2.05, 4.69) is 32.2 Å². The second-order valence-electron chi connectivity index (χ2n) is 5.09. The lowest BCUT2D eigenvalue weighted by molar-refractivity contribution is 0.0533. The van der Waals surface area contributed by atoms with Gasteiger partial charge in [-0.3, -0.25) is 0 Å². The first-order valence-corrected chi connectivity index (χ1v) is 8.86. The minimum atomic E-state index is -0.317. The molecule has 0 spiro atoms. The van der Waals surface area contributed by atoms with Gasteiger partial charge in [-0.1, -0.05) is 20.8 Å². The molecule has 0 radical (unpaired) electrons. The fourth-order valence-corrected chi connectivity index (χ4v) is 4.82. The van der Waals surface area contributed by atoms with Crippen LogP contribution in [0.3, 0.4) is 0 Å². The van der Waals surface area contributed by atoms with E-state index in [9.17, 15) is 4.79 Å². The number of carbonyl (C=O) groups excluding carboxylic acids is 1. The Hall–Kier alpha value is -1.33. The summed E-state index contributed by atoms with van der Waals surface area (Å²) in [6.07, 6.45) is 0.975. The zero-order valence-corrected chi connectivity index (χ0v) is 14.5. The highest BCUT2D eigenvalue weighted by molar-refractivity contribution is 7.23. The first-order valence-electron chi connectivity index (χ1n) is 7.17. The minimum absolute atomic E-state index is 0.270. The Labute approximate surface area is 133 Å². The molecule has 2 rings (SSSR count). The van der Waals surface area contributed by atoms with Crippen molar-refractivity contribution in [3.8, 4) is 9.75 Å². The molecule has 0 saturated carbocycles. The van der Waals surface area contributed by atoms with E-state index in [4.69, 9.17) is 10.5 Å². The zero-order valence-electron chi connectivity index (χ0n) is 12.9. The number of nitrogen functional groups attached to an aromatic ring is 1. The molecule has 0 aliphatic heterocycles. The Balaban J connectivity index is 2.60. The van der Waals surface area contributed by atoms with E-state index in [-0.39, 0.29) is 11.9 Å². The van der Waals surface area contributed by atoms with E-state index in [0.29, 0.717) is 17.2 Å². The molecule has 2 aromatic heterocycles. The average Bonchev–Trinajstić information content (AvgIpc) is 3.02. The van der Waals surface area contributed by atoms with Gasteiger partial charge in [0, 0.05) is 4.88 Å². The normalized spacial score (nSPS) is 11.1. The number of carbonyl (C=O) groups is 1. The van der Waals surface area contributed by atoms with Crippen LogP contribution in [0.1, 0.15) is 54.4 Å². The molecule has 0 unspecified atom stereocenters. The first kappa shape index (κ1) is 16.0. The Morgan fingerprint density at radius 1 is 1.33 bits per heavy atom. The van der Waals surface area contributed by atoms with Gasteiger partial charge in [0.1, 0.15) is 4.88 Å². The largest absolute Gasteiger partial charge is 0.462 e. The van der Waals surface area contributed by atoms with Gasteiger partial charge in [-0.15, -0.1) is 22.7 Å². The molecule has 0 aliphatic rings. The van der Waals surface area contributed by atoms with Crippen LogP contribution in [0.4, 0.5) is 5.69 Å². The van der Waals surface area contributed by atoms with Crippen LogP contribution in [0, 0.1) is 0 Å². The monoisotopic (exact) mass is 323 g/mol. The van der Waals surface area contributed by atoms with Crippen molar-refractivity contribution < 1.29 is 9.53 Å². The fourth-order valence-electron chi connectivity index (χ4n) is 2.36. The van der Waals surface area contributed by atoms with Crippen molar-refractivity contribution in [3.05, 3.63) is 27.5 Å². The number of anilines is 1. The SMILES string of the molecule is CCOC(=O)c1sc(-c2sccc2CC)c(C(C)C)c1N. The van der Waals surface area contributed by atoms with Crippen molar-refractivity contribution in [2.24, 2.45) is 0 Å². The minimum Gasteiger partial charge on any atom is -0.462 e. The van der Waals surface area contributed by atoms with Crippen LogP contribution in [0.15, 0.2) is 11.4 Å². The number of nitrogens with two attached hydrogens (primary N) is 1. The zero-order chi connectivity index (χ0) is 15.6. The van der Waals surface area contributed by atoms with Crippen LogP contribution >= 0.6 is 22.7 Å². The number of rotatable bonds is 5. The van der Waals surface area contributed by atoms with E-state index in [1.165, 1.54) is 21.8 Å². The smallest absolute Gasteiger partial charge is 0.350 e. The summed E-state index contributed by atoms with van der Waals surface area (Å²) in [7, 11) is 0. The summed E-state index contributed by atoms with van der Waals surface area (Å²) >= 11 is 3.17. The Kier molecular flexibility index (Phi) is 5.06. The topological polar surface area (TPSA) is 52.3 Å². The number of ether oxygens (including phenoxy) is 1. The third kappa shape index (κ3) is 2.99. The summed E-state index contributed by atoms with van der Waals surface area (Å²) in [5.41, 5.74) is 9.20. The van der Waals surface area contributed by atoms with Gasteiger partial charge in [0.25, 0.3) is 0 Å². The van der Waals surface area contributed by atoms with Crippen LogP contribution in [-0.4, -0.2) is 12.6 Å². The standard InChI is InChI=1S/C16H21NO2S2/c1-5-10-7-8-20-13(10)14-11(9(3)4)12(17)15(21-14)16(18)19-6-2/h7-9H,5-6,17H2,1-4H3. The van der Waals surface area contributed by atoms with Gasteiger partial charge in [-0.05, 0) is 41.8 Å². The van der Waals surface area contributed by atoms with E-state index < -0.39 is 0 Å². The first-order chi connectivity index (χ1) is 10.0. The van der Waals surface area contributed by atoms with Crippen LogP contribution in [0.25, 0.3) is 9.75 Å². The molecule has 0 atom stereocenters. The molecule has 0 fully saturated rings. The van der Waals surface area contributed by atoms with Gasteiger partial charge in [0.05, 0.1) is 17.2 Å². The summed E-state index contributed by atoms with van der Waals surface area (Å²) in [4.78, 5) is 15.0.